The summed E-state index contributed by atoms with van der Waals surface area (Å²) in [7, 11) is 0. The summed E-state index contributed by atoms with van der Waals surface area (Å²) in [6.07, 6.45) is 5.81. The number of carbonyl (C=O) groups is 1. The zero-order valence-corrected chi connectivity index (χ0v) is 14.0. The number of piperidine rings is 1. The lowest BCUT2D eigenvalue weighted by atomic mass is 10.0. The maximum Gasteiger partial charge on any atom is 0.224 e. The number of nitrogens with one attached hydrogen (secondary N) is 2. The molecule has 0 spiro atoms. The summed E-state index contributed by atoms with van der Waals surface area (Å²) in [6.45, 7) is 7.61. The Labute approximate surface area is 135 Å². The molecule has 0 aliphatic carbocycles. The van der Waals surface area contributed by atoms with Crippen LogP contribution in [-0.4, -0.2) is 49.6 Å². The summed E-state index contributed by atoms with van der Waals surface area (Å²) < 4.78 is 0. The minimum Gasteiger partial charge on any atom is -0.353 e. The molecule has 2 aliphatic heterocycles. The van der Waals surface area contributed by atoms with Gasteiger partial charge in [-0.05, 0) is 38.8 Å². The van der Waals surface area contributed by atoms with E-state index < -0.39 is 0 Å². The van der Waals surface area contributed by atoms with Crippen LogP contribution in [0.2, 0.25) is 0 Å². The Bertz CT molecular complexity index is 265. The molecule has 0 radical (unpaired) electrons. The van der Waals surface area contributed by atoms with Crippen LogP contribution in [-0.2, 0) is 4.79 Å². The van der Waals surface area contributed by atoms with Crippen LogP contribution in [0.1, 0.15) is 39.0 Å². The largest absolute Gasteiger partial charge is 0.353 e. The van der Waals surface area contributed by atoms with Gasteiger partial charge in [0.05, 0.1) is 5.92 Å². The maximum atomic E-state index is 12.0. The van der Waals surface area contributed by atoms with E-state index in [1.54, 1.807) is 0 Å². The molecule has 1 amide bonds. The lowest BCUT2D eigenvalue weighted by Crippen LogP contribution is -2.46. The lowest BCUT2D eigenvalue weighted by molar-refractivity contribution is -0.125. The standard InChI is InChI=1S/C14H27N3O.2ClH/c1-2-3-8-17-9-5-13(6-10-17)16-14(18)12-4-7-15-11-12;;/h12-13,15H,2-11H2,1H3,(H,16,18);2*1H. The zero-order valence-electron chi connectivity index (χ0n) is 12.4. The van der Waals surface area contributed by atoms with Crippen LogP contribution in [0, 0.1) is 5.92 Å². The van der Waals surface area contributed by atoms with Gasteiger partial charge < -0.3 is 15.5 Å². The molecule has 2 saturated heterocycles. The van der Waals surface area contributed by atoms with Crippen molar-refractivity contribution in [3.63, 3.8) is 0 Å². The number of unbranched alkanes of at least 4 members (excludes halogenated alkanes) is 1. The molecule has 120 valence electrons. The second-order valence-corrected chi connectivity index (χ2v) is 5.67. The third kappa shape index (κ3) is 6.17. The van der Waals surface area contributed by atoms with Gasteiger partial charge >= 0.3 is 0 Å². The SMILES string of the molecule is CCCCN1CCC(NC(=O)C2CCNC2)CC1.Cl.Cl. The minimum atomic E-state index is 0. The number of likely N-dealkylation sites (tertiary alicyclic amines) is 1. The highest BCUT2D eigenvalue weighted by Crippen LogP contribution is 2.13. The van der Waals surface area contributed by atoms with E-state index in [4.69, 9.17) is 0 Å². The maximum absolute atomic E-state index is 12.0. The molecular weight excluding hydrogens is 297 g/mol. The molecular formula is C14H29Cl2N3O. The first-order valence-electron chi connectivity index (χ1n) is 7.53. The van der Waals surface area contributed by atoms with Crippen molar-refractivity contribution in [3.8, 4) is 0 Å². The van der Waals surface area contributed by atoms with Crippen molar-refractivity contribution >= 4 is 30.7 Å². The summed E-state index contributed by atoms with van der Waals surface area (Å²) >= 11 is 0. The molecule has 20 heavy (non-hydrogen) atoms. The molecule has 0 aromatic rings. The topological polar surface area (TPSA) is 44.4 Å². The predicted molar refractivity (Wildman–Crippen MR) is 88.0 cm³/mol. The Morgan fingerprint density at radius 1 is 1.25 bits per heavy atom. The Hall–Kier alpha value is -0.0300. The average Bonchev–Trinajstić information content (AvgIpc) is 2.92. The molecule has 2 aliphatic rings. The van der Waals surface area contributed by atoms with Crippen molar-refractivity contribution in [2.45, 2.75) is 45.1 Å². The molecule has 2 heterocycles. The summed E-state index contributed by atoms with van der Waals surface area (Å²) in [5.74, 6) is 0.482. The van der Waals surface area contributed by atoms with Gasteiger partial charge in [-0.1, -0.05) is 13.3 Å². The Kier molecular flexibility index (Phi) is 10.6. The minimum absolute atomic E-state index is 0. The van der Waals surface area contributed by atoms with E-state index in [-0.39, 0.29) is 36.6 Å². The van der Waals surface area contributed by atoms with E-state index >= 15 is 0 Å². The monoisotopic (exact) mass is 325 g/mol. The third-order valence-electron chi connectivity index (χ3n) is 4.19. The van der Waals surface area contributed by atoms with E-state index in [1.165, 1.54) is 19.4 Å². The molecule has 0 aromatic carbocycles. The highest BCUT2D eigenvalue weighted by Gasteiger charge is 2.26. The lowest BCUT2D eigenvalue weighted by Gasteiger charge is -2.32. The second-order valence-electron chi connectivity index (χ2n) is 5.67. The Morgan fingerprint density at radius 2 is 1.95 bits per heavy atom. The van der Waals surface area contributed by atoms with Gasteiger partial charge in [0.25, 0.3) is 0 Å². The van der Waals surface area contributed by atoms with E-state index in [0.717, 1.165) is 45.4 Å². The molecule has 2 rings (SSSR count). The molecule has 0 saturated carbocycles. The first-order chi connectivity index (χ1) is 8.79. The van der Waals surface area contributed by atoms with Crippen LogP contribution in [0.15, 0.2) is 0 Å². The quantitative estimate of drug-likeness (QED) is 0.810. The van der Waals surface area contributed by atoms with Crippen molar-refractivity contribution in [1.82, 2.24) is 15.5 Å². The first-order valence-corrected chi connectivity index (χ1v) is 7.53. The van der Waals surface area contributed by atoms with Gasteiger partial charge in [0.1, 0.15) is 0 Å². The van der Waals surface area contributed by atoms with Crippen molar-refractivity contribution in [2.75, 3.05) is 32.7 Å². The zero-order chi connectivity index (χ0) is 12.8. The molecule has 2 N–H and O–H groups in total. The van der Waals surface area contributed by atoms with Gasteiger partial charge in [0.15, 0.2) is 0 Å². The summed E-state index contributed by atoms with van der Waals surface area (Å²) in [4.78, 5) is 14.5. The summed E-state index contributed by atoms with van der Waals surface area (Å²) in [6, 6.07) is 0.413. The van der Waals surface area contributed by atoms with Crippen LogP contribution in [0.25, 0.3) is 0 Å². The number of hydrogen-bond donors (Lipinski definition) is 2. The molecule has 0 bridgehead atoms. The van der Waals surface area contributed by atoms with Crippen LogP contribution >= 0.6 is 24.8 Å². The van der Waals surface area contributed by atoms with E-state index in [9.17, 15) is 4.79 Å². The van der Waals surface area contributed by atoms with Crippen molar-refractivity contribution < 1.29 is 4.79 Å². The Balaban J connectivity index is 0.00000180. The summed E-state index contributed by atoms with van der Waals surface area (Å²) in [5.41, 5.74) is 0. The van der Waals surface area contributed by atoms with Crippen LogP contribution in [0.4, 0.5) is 0 Å². The summed E-state index contributed by atoms with van der Waals surface area (Å²) in [5, 5.41) is 6.48. The number of nitrogens with zero attached hydrogens (tertiary/aromatic N) is 1. The average molecular weight is 326 g/mol. The van der Waals surface area contributed by atoms with E-state index in [1.807, 2.05) is 0 Å². The molecule has 1 atom stereocenters. The molecule has 2 fully saturated rings. The molecule has 4 nitrogen and oxygen atoms in total. The fourth-order valence-electron chi connectivity index (χ4n) is 2.88. The van der Waals surface area contributed by atoms with E-state index in [0.29, 0.717) is 6.04 Å². The highest BCUT2D eigenvalue weighted by atomic mass is 35.5. The number of carbonyl (C=O) groups excluding carboxylic acids is 1. The van der Waals surface area contributed by atoms with Gasteiger partial charge in [-0.3, -0.25) is 4.79 Å². The van der Waals surface area contributed by atoms with Gasteiger partial charge in [0, 0.05) is 25.7 Å². The van der Waals surface area contributed by atoms with Crippen LogP contribution in [0.5, 0.6) is 0 Å². The first kappa shape index (κ1) is 20.0. The van der Waals surface area contributed by atoms with Crippen molar-refractivity contribution in [2.24, 2.45) is 5.92 Å². The molecule has 0 aromatic heterocycles. The van der Waals surface area contributed by atoms with Gasteiger partial charge in [-0.2, -0.15) is 0 Å². The number of hydrogen-bond acceptors (Lipinski definition) is 3. The van der Waals surface area contributed by atoms with Crippen molar-refractivity contribution in [1.29, 1.82) is 0 Å². The second kappa shape index (κ2) is 10.7. The Morgan fingerprint density at radius 3 is 2.50 bits per heavy atom. The molecule has 6 heteroatoms. The number of halogens is 2. The van der Waals surface area contributed by atoms with Crippen molar-refractivity contribution in [3.05, 3.63) is 0 Å². The van der Waals surface area contributed by atoms with Gasteiger partial charge in [-0.25, -0.2) is 0 Å². The third-order valence-corrected chi connectivity index (χ3v) is 4.19. The van der Waals surface area contributed by atoms with Gasteiger partial charge in [0.2, 0.25) is 5.91 Å². The number of rotatable bonds is 5. The van der Waals surface area contributed by atoms with Gasteiger partial charge in [-0.15, -0.1) is 24.8 Å². The fourth-order valence-corrected chi connectivity index (χ4v) is 2.88. The fraction of sp³-hybridized carbons (Fsp3) is 0.929. The smallest absolute Gasteiger partial charge is 0.224 e. The van der Waals surface area contributed by atoms with E-state index in [2.05, 4.69) is 22.5 Å². The normalized spacial score (nSPS) is 23.8. The van der Waals surface area contributed by atoms with Crippen LogP contribution in [0.3, 0.4) is 0 Å². The predicted octanol–water partition coefficient (Wildman–Crippen LogP) is 1.82. The highest BCUT2D eigenvalue weighted by molar-refractivity contribution is 5.85. The van der Waals surface area contributed by atoms with Crippen LogP contribution < -0.4 is 10.6 Å². The molecule has 1 unspecified atom stereocenters. The number of amides is 1.